The van der Waals surface area contributed by atoms with Crippen LogP contribution in [-0.2, 0) is 19.1 Å². The smallest absolute Gasteiger partial charge is 0.305 e. The van der Waals surface area contributed by atoms with Crippen LogP contribution in [0.4, 0.5) is 0 Å². The van der Waals surface area contributed by atoms with Crippen LogP contribution in [0.3, 0.4) is 0 Å². The lowest BCUT2D eigenvalue weighted by molar-refractivity contribution is -0.144. The van der Waals surface area contributed by atoms with E-state index in [-0.39, 0.29) is 11.9 Å². The predicted molar refractivity (Wildman–Crippen MR) is 112 cm³/mol. The van der Waals surface area contributed by atoms with E-state index in [1.54, 1.807) is 0 Å². The fourth-order valence-corrected chi connectivity index (χ4v) is 3.03. The normalized spacial score (nSPS) is 10.7. The summed E-state index contributed by atoms with van der Waals surface area (Å²) in [6.45, 7) is 5.36. The maximum absolute atomic E-state index is 11.7. The monoisotopic (exact) mass is 384 g/mol. The largest absolute Gasteiger partial charge is 0.466 e. The van der Waals surface area contributed by atoms with Gasteiger partial charge in [-0.3, -0.25) is 9.59 Å². The summed E-state index contributed by atoms with van der Waals surface area (Å²) in [6, 6.07) is 0. The third-order valence-corrected chi connectivity index (χ3v) is 4.74. The number of carbonyl (C=O) groups is 2. The molecule has 27 heavy (non-hydrogen) atoms. The van der Waals surface area contributed by atoms with Gasteiger partial charge in [0.25, 0.3) is 0 Å². The summed E-state index contributed by atoms with van der Waals surface area (Å²) in [7, 11) is 0. The van der Waals surface area contributed by atoms with Crippen LogP contribution in [0.5, 0.6) is 0 Å². The Balaban J connectivity index is 3.22. The quantitative estimate of drug-likeness (QED) is 0.172. The fraction of sp³-hybridized carbons (Fsp3) is 0.913. The lowest BCUT2D eigenvalue weighted by Crippen LogP contribution is -2.05. The van der Waals surface area contributed by atoms with E-state index in [2.05, 4.69) is 6.92 Å². The second-order valence-electron chi connectivity index (χ2n) is 7.54. The van der Waals surface area contributed by atoms with E-state index in [1.807, 2.05) is 6.92 Å². The molecule has 0 unspecified atom stereocenters. The number of esters is 2. The number of hydrogen-bond acceptors (Lipinski definition) is 4. The van der Waals surface area contributed by atoms with E-state index in [0.29, 0.717) is 26.1 Å². The molecule has 0 saturated heterocycles. The van der Waals surface area contributed by atoms with E-state index >= 15 is 0 Å². The van der Waals surface area contributed by atoms with Crippen molar-refractivity contribution in [1.29, 1.82) is 0 Å². The molecule has 0 aromatic heterocycles. The molecule has 0 atom stereocenters. The van der Waals surface area contributed by atoms with Crippen molar-refractivity contribution >= 4 is 11.9 Å². The zero-order valence-electron chi connectivity index (χ0n) is 18.1. The van der Waals surface area contributed by atoms with E-state index in [9.17, 15) is 9.59 Å². The number of ether oxygens (including phenoxy) is 2. The molecule has 0 fully saturated rings. The molecule has 0 aliphatic heterocycles. The topological polar surface area (TPSA) is 52.6 Å². The second kappa shape index (κ2) is 21.2. The van der Waals surface area contributed by atoms with Crippen molar-refractivity contribution in [2.45, 2.75) is 123 Å². The summed E-state index contributed by atoms with van der Waals surface area (Å²) >= 11 is 0. The molecule has 0 aromatic carbocycles. The Morgan fingerprint density at radius 3 is 1.37 bits per heavy atom. The Labute approximate surface area is 167 Å². The molecule has 0 bridgehead atoms. The van der Waals surface area contributed by atoms with Gasteiger partial charge in [0.15, 0.2) is 0 Å². The van der Waals surface area contributed by atoms with Crippen LogP contribution in [0.2, 0.25) is 0 Å². The number of rotatable bonds is 20. The van der Waals surface area contributed by atoms with Crippen molar-refractivity contribution in [2.24, 2.45) is 0 Å². The molecular weight excluding hydrogens is 340 g/mol. The molecule has 0 aliphatic rings. The molecule has 0 saturated carbocycles. The van der Waals surface area contributed by atoms with Crippen LogP contribution in [-0.4, -0.2) is 25.2 Å². The first kappa shape index (κ1) is 25.9. The predicted octanol–water partition coefficient (Wildman–Crippen LogP) is 6.74. The van der Waals surface area contributed by atoms with Crippen molar-refractivity contribution in [3.63, 3.8) is 0 Å². The summed E-state index contributed by atoms with van der Waals surface area (Å²) in [5.74, 6) is -0.118. The molecule has 0 rings (SSSR count). The summed E-state index contributed by atoms with van der Waals surface area (Å²) < 4.78 is 10.3. The van der Waals surface area contributed by atoms with Crippen LogP contribution >= 0.6 is 0 Å². The minimum absolute atomic E-state index is 0.0448. The Kier molecular flexibility index (Phi) is 20.4. The third-order valence-electron chi connectivity index (χ3n) is 4.74. The minimum atomic E-state index is -0.0731. The van der Waals surface area contributed by atoms with Gasteiger partial charge in [-0.2, -0.15) is 0 Å². The average molecular weight is 385 g/mol. The van der Waals surface area contributed by atoms with E-state index in [1.165, 1.54) is 44.9 Å². The Bertz CT molecular complexity index is 341. The van der Waals surface area contributed by atoms with Gasteiger partial charge in [-0.15, -0.1) is 0 Å². The minimum Gasteiger partial charge on any atom is -0.466 e. The van der Waals surface area contributed by atoms with Crippen LogP contribution in [0.15, 0.2) is 0 Å². The van der Waals surface area contributed by atoms with E-state index < -0.39 is 0 Å². The summed E-state index contributed by atoms with van der Waals surface area (Å²) in [6.07, 6.45) is 18.2. The fourth-order valence-electron chi connectivity index (χ4n) is 3.03. The van der Waals surface area contributed by atoms with Gasteiger partial charge >= 0.3 is 11.9 Å². The van der Waals surface area contributed by atoms with Gasteiger partial charge in [0, 0.05) is 12.8 Å². The molecule has 4 nitrogen and oxygen atoms in total. The first-order chi connectivity index (χ1) is 13.2. The molecule has 0 amide bonds. The van der Waals surface area contributed by atoms with Crippen molar-refractivity contribution < 1.29 is 19.1 Å². The first-order valence-corrected chi connectivity index (χ1v) is 11.5. The lowest BCUT2D eigenvalue weighted by Gasteiger charge is -2.05. The maximum atomic E-state index is 11.7. The van der Waals surface area contributed by atoms with Crippen LogP contribution < -0.4 is 0 Å². The number of unbranched alkanes of at least 4 members (excludes halogenated alkanes) is 12. The summed E-state index contributed by atoms with van der Waals surface area (Å²) in [5.41, 5.74) is 0. The molecule has 0 aliphatic carbocycles. The Hall–Kier alpha value is -1.06. The van der Waals surface area contributed by atoms with Crippen LogP contribution in [0.25, 0.3) is 0 Å². The van der Waals surface area contributed by atoms with Crippen LogP contribution in [0.1, 0.15) is 123 Å². The third kappa shape index (κ3) is 21.1. The van der Waals surface area contributed by atoms with Crippen molar-refractivity contribution in [2.75, 3.05) is 13.2 Å². The second-order valence-corrected chi connectivity index (χ2v) is 7.54. The highest BCUT2D eigenvalue weighted by atomic mass is 16.5. The number of carbonyl (C=O) groups excluding carboxylic acids is 2. The summed E-state index contributed by atoms with van der Waals surface area (Å²) in [5, 5.41) is 0. The molecular formula is C23H44O4. The highest BCUT2D eigenvalue weighted by Crippen LogP contribution is 2.11. The van der Waals surface area contributed by atoms with Crippen LogP contribution in [0, 0.1) is 0 Å². The standard InChI is InChI=1S/C23H44O4/c1-3-5-6-7-8-11-14-17-21-27-23(25)19-16-13-10-9-12-15-18-22(24)26-20-4-2/h3-21H2,1-2H3. The zero-order chi connectivity index (χ0) is 20.0. The molecule has 160 valence electrons. The van der Waals surface area contributed by atoms with Gasteiger partial charge in [0.2, 0.25) is 0 Å². The maximum Gasteiger partial charge on any atom is 0.305 e. The number of hydrogen-bond donors (Lipinski definition) is 0. The highest BCUT2D eigenvalue weighted by molar-refractivity contribution is 5.69. The average Bonchev–Trinajstić information content (AvgIpc) is 2.67. The summed E-state index contributed by atoms with van der Waals surface area (Å²) in [4.78, 5) is 23.0. The van der Waals surface area contributed by atoms with Gasteiger partial charge in [-0.05, 0) is 25.7 Å². The molecule has 0 heterocycles. The van der Waals surface area contributed by atoms with Gasteiger partial charge in [0.1, 0.15) is 0 Å². The lowest BCUT2D eigenvalue weighted by atomic mass is 10.1. The Morgan fingerprint density at radius 1 is 0.481 bits per heavy atom. The molecule has 0 aromatic rings. The van der Waals surface area contributed by atoms with Crippen molar-refractivity contribution in [3.05, 3.63) is 0 Å². The highest BCUT2D eigenvalue weighted by Gasteiger charge is 2.04. The van der Waals surface area contributed by atoms with Gasteiger partial charge < -0.3 is 9.47 Å². The van der Waals surface area contributed by atoms with E-state index in [0.717, 1.165) is 51.4 Å². The molecule has 0 radical (unpaired) electrons. The van der Waals surface area contributed by atoms with Crippen molar-refractivity contribution in [1.82, 2.24) is 0 Å². The van der Waals surface area contributed by atoms with Gasteiger partial charge in [0.05, 0.1) is 13.2 Å². The zero-order valence-corrected chi connectivity index (χ0v) is 18.1. The molecule has 0 N–H and O–H groups in total. The molecule has 4 heteroatoms. The Morgan fingerprint density at radius 2 is 0.889 bits per heavy atom. The first-order valence-electron chi connectivity index (χ1n) is 11.5. The van der Waals surface area contributed by atoms with Crippen molar-refractivity contribution in [3.8, 4) is 0 Å². The SMILES string of the molecule is CCCCCCCCCCOC(=O)CCCCCCCCC(=O)OCCC. The van der Waals surface area contributed by atoms with Gasteiger partial charge in [-0.25, -0.2) is 0 Å². The van der Waals surface area contributed by atoms with E-state index in [4.69, 9.17) is 9.47 Å². The van der Waals surface area contributed by atoms with Gasteiger partial charge in [-0.1, -0.05) is 84.5 Å². The molecule has 0 spiro atoms.